The molecule has 0 amide bonds. The third-order valence-electron chi connectivity index (χ3n) is 3.47. The summed E-state index contributed by atoms with van der Waals surface area (Å²) in [6.07, 6.45) is 4.19. The van der Waals surface area contributed by atoms with Gasteiger partial charge in [0.05, 0.1) is 5.60 Å². The molecule has 3 nitrogen and oxygen atoms in total. The monoisotopic (exact) mass is 220 g/mol. The second-order valence-electron chi connectivity index (χ2n) is 4.66. The maximum atomic E-state index is 10.5. The van der Waals surface area contributed by atoms with Crippen LogP contribution in [-0.4, -0.2) is 40.2 Å². The Hall–Kier alpha value is -0.930. The Bertz CT molecular complexity index is 318. The first-order valence-electron chi connectivity index (χ1n) is 6.06. The Kier molecular flexibility index (Phi) is 3.56. The Morgan fingerprint density at radius 3 is 2.69 bits per heavy atom. The van der Waals surface area contributed by atoms with Gasteiger partial charge >= 0.3 is 0 Å². The molecule has 0 bridgehead atoms. The van der Waals surface area contributed by atoms with Crippen LogP contribution >= 0.6 is 0 Å². The molecular weight excluding hydrogens is 200 g/mol. The summed E-state index contributed by atoms with van der Waals surface area (Å²) in [5.74, 6) is 0. The van der Waals surface area contributed by atoms with Gasteiger partial charge in [-0.25, -0.2) is 0 Å². The van der Waals surface area contributed by atoms with Gasteiger partial charge in [-0.2, -0.15) is 0 Å². The molecule has 1 aliphatic rings. The van der Waals surface area contributed by atoms with Crippen molar-refractivity contribution in [3.05, 3.63) is 30.1 Å². The number of nitrogens with zero attached hydrogens (tertiary/aromatic N) is 2. The second-order valence-corrected chi connectivity index (χ2v) is 4.66. The van der Waals surface area contributed by atoms with Gasteiger partial charge in [-0.1, -0.05) is 13.0 Å². The molecule has 1 fully saturated rings. The number of aromatic nitrogens is 1. The highest BCUT2D eigenvalue weighted by atomic mass is 16.3. The first-order chi connectivity index (χ1) is 7.72. The summed E-state index contributed by atoms with van der Waals surface area (Å²) in [5.41, 5.74) is 0.454. The first kappa shape index (κ1) is 11.6. The minimum Gasteiger partial charge on any atom is -0.389 e. The molecule has 1 aromatic heterocycles. The number of rotatable bonds is 3. The van der Waals surface area contributed by atoms with E-state index in [4.69, 9.17) is 0 Å². The third kappa shape index (κ3) is 2.80. The van der Waals surface area contributed by atoms with Crippen molar-refractivity contribution in [3.63, 3.8) is 0 Å². The Labute approximate surface area is 97.1 Å². The van der Waals surface area contributed by atoms with Crippen molar-refractivity contribution in [1.82, 2.24) is 9.88 Å². The standard InChI is InChI=1S/C13H20N2O/c1-2-15-9-6-13(16,7-10-15)11-12-5-3-4-8-14-12/h3-5,8,16H,2,6-7,9-11H2,1H3. The highest BCUT2D eigenvalue weighted by Gasteiger charge is 2.32. The van der Waals surface area contributed by atoms with Gasteiger partial charge in [-0.15, -0.1) is 0 Å². The van der Waals surface area contributed by atoms with Gasteiger partial charge in [0.15, 0.2) is 0 Å². The fourth-order valence-corrected chi connectivity index (χ4v) is 2.30. The van der Waals surface area contributed by atoms with E-state index in [0.717, 1.165) is 38.2 Å². The summed E-state index contributed by atoms with van der Waals surface area (Å²) >= 11 is 0. The molecule has 0 radical (unpaired) electrons. The van der Waals surface area contributed by atoms with Gasteiger partial charge in [0, 0.05) is 31.4 Å². The average Bonchev–Trinajstić information content (AvgIpc) is 2.31. The van der Waals surface area contributed by atoms with E-state index in [1.807, 2.05) is 18.2 Å². The lowest BCUT2D eigenvalue weighted by Crippen LogP contribution is -2.45. The lowest BCUT2D eigenvalue weighted by molar-refractivity contribution is -0.0200. The quantitative estimate of drug-likeness (QED) is 0.838. The fraction of sp³-hybridized carbons (Fsp3) is 0.615. The zero-order valence-corrected chi connectivity index (χ0v) is 9.89. The molecule has 0 aromatic carbocycles. The van der Waals surface area contributed by atoms with Gasteiger partial charge in [-0.05, 0) is 31.5 Å². The number of piperidine rings is 1. The van der Waals surface area contributed by atoms with Gasteiger partial charge in [0.25, 0.3) is 0 Å². The second kappa shape index (κ2) is 4.93. The smallest absolute Gasteiger partial charge is 0.0727 e. The molecule has 2 heterocycles. The molecule has 2 rings (SSSR count). The maximum Gasteiger partial charge on any atom is 0.0727 e. The molecule has 0 atom stereocenters. The van der Waals surface area contributed by atoms with Crippen LogP contribution < -0.4 is 0 Å². The van der Waals surface area contributed by atoms with E-state index < -0.39 is 5.60 Å². The van der Waals surface area contributed by atoms with Crippen LogP contribution in [0.25, 0.3) is 0 Å². The van der Waals surface area contributed by atoms with Crippen LogP contribution in [0.1, 0.15) is 25.5 Å². The number of hydrogen-bond acceptors (Lipinski definition) is 3. The molecular formula is C13H20N2O. The first-order valence-corrected chi connectivity index (χ1v) is 6.06. The Morgan fingerprint density at radius 2 is 2.12 bits per heavy atom. The largest absolute Gasteiger partial charge is 0.389 e. The van der Waals surface area contributed by atoms with Crippen LogP contribution in [0.2, 0.25) is 0 Å². The molecule has 1 aliphatic heterocycles. The van der Waals surface area contributed by atoms with Crippen molar-refractivity contribution in [2.24, 2.45) is 0 Å². The van der Waals surface area contributed by atoms with Gasteiger partial charge in [0.2, 0.25) is 0 Å². The molecule has 0 aliphatic carbocycles. The molecule has 0 unspecified atom stereocenters. The van der Waals surface area contributed by atoms with Crippen molar-refractivity contribution in [2.45, 2.75) is 31.8 Å². The van der Waals surface area contributed by atoms with Gasteiger partial charge in [-0.3, -0.25) is 4.98 Å². The van der Waals surface area contributed by atoms with Crippen molar-refractivity contribution in [3.8, 4) is 0 Å². The van der Waals surface area contributed by atoms with E-state index in [2.05, 4.69) is 16.8 Å². The van der Waals surface area contributed by atoms with E-state index in [0.29, 0.717) is 6.42 Å². The molecule has 1 N–H and O–H groups in total. The van der Waals surface area contributed by atoms with Crippen LogP contribution in [0, 0.1) is 0 Å². The summed E-state index contributed by atoms with van der Waals surface area (Å²) in [5, 5.41) is 10.5. The summed E-state index contributed by atoms with van der Waals surface area (Å²) in [6.45, 7) is 5.25. The molecule has 1 saturated heterocycles. The molecule has 1 aromatic rings. The van der Waals surface area contributed by atoms with E-state index in [1.165, 1.54) is 0 Å². The number of hydrogen-bond donors (Lipinski definition) is 1. The zero-order chi connectivity index (χ0) is 11.4. The van der Waals surface area contributed by atoms with Crippen molar-refractivity contribution in [1.29, 1.82) is 0 Å². The highest BCUT2D eigenvalue weighted by Crippen LogP contribution is 2.25. The summed E-state index contributed by atoms with van der Waals surface area (Å²) in [4.78, 5) is 6.67. The molecule has 0 spiro atoms. The molecule has 16 heavy (non-hydrogen) atoms. The summed E-state index contributed by atoms with van der Waals surface area (Å²) in [6, 6.07) is 5.88. The van der Waals surface area contributed by atoms with Crippen molar-refractivity contribution in [2.75, 3.05) is 19.6 Å². The van der Waals surface area contributed by atoms with Crippen LogP contribution in [0.4, 0.5) is 0 Å². The number of likely N-dealkylation sites (tertiary alicyclic amines) is 1. The Balaban J connectivity index is 1.95. The predicted molar refractivity (Wildman–Crippen MR) is 64.2 cm³/mol. The summed E-state index contributed by atoms with van der Waals surface area (Å²) in [7, 11) is 0. The van der Waals surface area contributed by atoms with E-state index in [-0.39, 0.29) is 0 Å². The summed E-state index contributed by atoms with van der Waals surface area (Å²) < 4.78 is 0. The minimum absolute atomic E-state index is 0.542. The predicted octanol–water partition coefficient (Wildman–Crippen LogP) is 1.47. The van der Waals surface area contributed by atoms with E-state index >= 15 is 0 Å². The van der Waals surface area contributed by atoms with Gasteiger partial charge in [0.1, 0.15) is 0 Å². The Morgan fingerprint density at radius 1 is 1.38 bits per heavy atom. The van der Waals surface area contributed by atoms with E-state index in [1.54, 1.807) is 6.20 Å². The van der Waals surface area contributed by atoms with Crippen LogP contribution in [0.3, 0.4) is 0 Å². The average molecular weight is 220 g/mol. The van der Waals surface area contributed by atoms with Crippen LogP contribution in [0.15, 0.2) is 24.4 Å². The number of aliphatic hydroxyl groups is 1. The fourth-order valence-electron chi connectivity index (χ4n) is 2.30. The van der Waals surface area contributed by atoms with E-state index in [9.17, 15) is 5.11 Å². The van der Waals surface area contributed by atoms with Crippen LogP contribution in [-0.2, 0) is 6.42 Å². The third-order valence-corrected chi connectivity index (χ3v) is 3.47. The lowest BCUT2D eigenvalue weighted by Gasteiger charge is -2.37. The normalized spacial score (nSPS) is 20.9. The minimum atomic E-state index is -0.542. The lowest BCUT2D eigenvalue weighted by atomic mass is 9.87. The van der Waals surface area contributed by atoms with Crippen molar-refractivity contribution >= 4 is 0 Å². The SMILES string of the molecule is CCN1CCC(O)(Cc2ccccn2)CC1. The zero-order valence-electron chi connectivity index (χ0n) is 9.89. The number of pyridine rings is 1. The highest BCUT2D eigenvalue weighted by molar-refractivity contribution is 5.07. The molecule has 88 valence electrons. The maximum absolute atomic E-state index is 10.5. The molecule has 0 saturated carbocycles. The topological polar surface area (TPSA) is 36.4 Å². The van der Waals surface area contributed by atoms with Crippen LogP contribution in [0.5, 0.6) is 0 Å². The van der Waals surface area contributed by atoms with Gasteiger partial charge < -0.3 is 10.0 Å². The van der Waals surface area contributed by atoms with Crippen molar-refractivity contribution < 1.29 is 5.11 Å². The molecule has 3 heteroatoms.